The molecular formula is C14H20BrIN2. The van der Waals surface area contributed by atoms with E-state index in [2.05, 4.69) is 73.9 Å². The number of benzene rings is 1. The van der Waals surface area contributed by atoms with E-state index in [1.165, 1.54) is 52.6 Å². The first kappa shape index (κ1) is 14.6. The van der Waals surface area contributed by atoms with Crippen LogP contribution in [0.4, 0.5) is 5.69 Å². The Hall–Kier alpha value is 0.190. The molecule has 0 aromatic heterocycles. The molecule has 1 aromatic rings. The Labute approximate surface area is 132 Å². The molecule has 2 nitrogen and oxygen atoms in total. The van der Waals surface area contributed by atoms with Crippen LogP contribution in [0.3, 0.4) is 0 Å². The van der Waals surface area contributed by atoms with Crippen LogP contribution in [0.25, 0.3) is 0 Å². The summed E-state index contributed by atoms with van der Waals surface area (Å²) in [4.78, 5) is 2.55. The van der Waals surface area contributed by atoms with Crippen molar-refractivity contribution in [2.24, 2.45) is 0 Å². The molecule has 1 N–H and O–H groups in total. The minimum Gasteiger partial charge on any atom is -0.382 e. The molecule has 1 saturated heterocycles. The van der Waals surface area contributed by atoms with E-state index in [1.54, 1.807) is 0 Å². The molecule has 1 unspecified atom stereocenters. The van der Waals surface area contributed by atoms with Gasteiger partial charge in [-0.15, -0.1) is 0 Å². The molecule has 0 radical (unpaired) electrons. The van der Waals surface area contributed by atoms with Crippen LogP contribution < -0.4 is 5.32 Å². The molecule has 1 aromatic carbocycles. The molecule has 0 saturated carbocycles. The Morgan fingerprint density at radius 1 is 1.39 bits per heavy atom. The van der Waals surface area contributed by atoms with Crippen molar-refractivity contribution >= 4 is 44.2 Å². The number of likely N-dealkylation sites (tertiary alicyclic amines) is 1. The van der Waals surface area contributed by atoms with Gasteiger partial charge in [0.2, 0.25) is 0 Å². The van der Waals surface area contributed by atoms with Crippen LogP contribution in [-0.2, 0) is 0 Å². The third-order valence-corrected chi connectivity index (χ3v) is 5.88. The van der Waals surface area contributed by atoms with Crippen molar-refractivity contribution in [2.75, 3.05) is 25.0 Å². The van der Waals surface area contributed by atoms with E-state index >= 15 is 0 Å². The number of halogens is 2. The molecule has 0 amide bonds. The first-order chi connectivity index (χ1) is 8.69. The van der Waals surface area contributed by atoms with Gasteiger partial charge in [-0.25, -0.2) is 0 Å². The maximum atomic E-state index is 3.68. The van der Waals surface area contributed by atoms with E-state index in [4.69, 9.17) is 0 Å². The Morgan fingerprint density at radius 2 is 2.22 bits per heavy atom. The van der Waals surface area contributed by atoms with Gasteiger partial charge in [0, 0.05) is 26.3 Å². The van der Waals surface area contributed by atoms with Gasteiger partial charge in [-0.2, -0.15) is 0 Å². The molecular weight excluding hydrogens is 403 g/mol. The number of anilines is 1. The van der Waals surface area contributed by atoms with Crippen molar-refractivity contribution in [3.8, 4) is 0 Å². The van der Waals surface area contributed by atoms with Gasteiger partial charge in [-0.1, -0.05) is 6.92 Å². The topological polar surface area (TPSA) is 15.3 Å². The highest BCUT2D eigenvalue weighted by atomic mass is 127. The first-order valence-corrected chi connectivity index (χ1v) is 8.50. The molecule has 0 bridgehead atoms. The van der Waals surface area contributed by atoms with Gasteiger partial charge in [0.25, 0.3) is 0 Å². The fraction of sp³-hybridized carbons (Fsp3) is 0.571. The lowest BCUT2D eigenvalue weighted by atomic mass is 10.1. The van der Waals surface area contributed by atoms with Gasteiger partial charge in [-0.3, -0.25) is 0 Å². The Morgan fingerprint density at radius 3 is 2.94 bits per heavy atom. The molecule has 0 spiro atoms. The Bertz CT molecular complexity index is 397. The van der Waals surface area contributed by atoms with Crippen LogP contribution in [0, 0.1) is 3.57 Å². The molecule has 0 aliphatic carbocycles. The molecule has 1 fully saturated rings. The normalized spacial score (nSPS) is 21.6. The summed E-state index contributed by atoms with van der Waals surface area (Å²) < 4.78 is 2.44. The largest absolute Gasteiger partial charge is 0.382 e. The van der Waals surface area contributed by atoms with Crippen molar-refractivity contribution in [1.29, 1.82) is 0 Å². The van der Waals surface area contributed by atoms with E-state index in [0.29, 0.717) is 6.04 Å². The lowest BCUT2D eigenvalue weighted by Crippen LogP contribution is -2.26. The molecule has 1 aliphatic heterocycles. The summed E-state index contributed by atoms with van der Waals surface area (Å²) in [6.45, 7) is 5.92. The number of rotatable bonds is 3. The van der Waals surface area contributed by atoms with Gasteiger partial charge in [0.1, 0.15) is 0 Å². The van der Waals surface area contributed by atoms with Crippen molar-refractivity contribution in [3.05, 3.63) is 26.2 Å². The van der Waals surface area contributed by atoms with E-state index in [-0.39, 0.29) is 0 Å². The summed E-state index contributed by atoms with van der Waals surface area (Å²) >= 11 is 5.91. The zero-order valence-corrected chi connectivity index (χ0v) is 14.5. The summed E-state index contributed by atoms with van der Waals surface area (Å²) in [7, 11) is 0. The van der Waals surface area contributed by atoms with Crippen LogP contribution in [0.2, 0.25) is 0 Å². The van der Waals surface area contributed by atoms with Crippen LogP contribution in [0.5, 0.6) is 0 Å². The van der Waals surface area contributed by atoms with Gasteiger partial charge < -0.3 is 10.2 Å². The average molecular weight is 423 g/mol. The number of nitrogens with zero attached hydrogens (tertiary/aromatic N) is 1. The third-order valence-electron chi connectivity index (χ3n) is 3.56. The molecule has 4 heteroatoms. The fourth-order valence-corrected chi connectivity index (χ4v) is 3.20. The molecule has 1 atom stereocenters. The average Bonchev–Trinajstić information content (AvgIpc) is 2.59. The summed E-state index contributed by atoms with van der Waals surface area (Å²) in [5.74, 6) is 0. The maximum Gasteiger partial charge on any atom is 0.0353 e. The molecule has 2 rings (SSSR count). The van der Waals surface area contributed by atoms with Crippen molar-refractivity contribution in [3.63, 3.8) is 0 Å². The zero-order chi connectivity index (χ0) is 13.0. The monoisotopic (exact) mass is 422 g/mol. The zero-order valence-electron chi connectivity index (χ0n) is 10.8. The van der Waals surface area contributed by atoms with Crippen molar-refractivity contribution in [2.45, 2.75) is 32.2 Å². The third kappa shape index (κ3) is 4.10. The maximum absolute atomic E-state index is 3.68. The highest BCUT2D eigenvalue weighted by Crippen LogP contribution is 2.24. The minimum atomic E-state index is 0.624. The molecule has 1 aliphatic rings. The second-order valence-electron chi connectivity index (χ2n) is 4.84. The van der Waals surface area contributed by atoms with E-state index in [1.807, 2.05) is 0 Å². The van der Waals surface area contributed by atoms with E-state index < -0.39 is 0 Å². The molecule has 100 valence electrons. The van der Waals surface area contributed by atoms with Crippen molar-refractivity contribution in [1.82, 2.24) is 4.90 Å². The Kier molecular flexibility index (Phi) is 5.76. The fourth-order valence-electron chi connectivity index (χ4n) is 2.44. The highest BCUT2D eigenvalue weighted by molar-refractivity contribution is 14.1. The highest BCUT2D eigenvalue weighted by Gasteiger charge is 2.15. The second-order valence-corrected chi connectivity index (χ2v) is 6.85. The van der Waals surface area contributed by atoms with Gasteiger partial charge >= 0.3 is 0 Å². The van der Waals surface area contributed by atoms with E-state index in [0.717, 1.165) is 0 Å². The predicted molar refractivity (Wildman–Crippen MR) is 90.2 cm³/mol. The van der Waals surface area contributed by atoms with Gasteiger partial charge in [0.05, 0.1) is 0 Å². The smallest absolute Gasteiger partial charge is 0.0353 e. The standard InChI is InChI=1S/C14H20BrIN2/c1-2-18-8-3-4-11(7-9-18)17-12-5-6-13(15)14(16)10-12/h5-6,10-11,17H,2-4,7-9H2,1H3. The SMILES string of the molecule is CCN1CCCC(Nc2ccc(Br)c(I)c2)CC1. The lowest BCUT2D eigenvalue weighted by Gasteiger charge is -2.19. The minimum absolute atomic E-state index is 0.624. The summed E-state index contributed by atoms with van der Waals surface area (Å²) in [6, 6.07) is 7.12. The summed E-state index contributed by atoms with van der Waals surface area (Å²) in [6.07, 6.45) is 3.84. The van der Waals surface area contributed by atoms with Gasteiger partial charge in [-0.05, 0) is 89.1 Å². The summed E-state index contributed by atoms with van der Waals surface area (Å²) in [5.41, 5.74) is 1.25. The second kappa shape index (κ2) is 7.10. The molecule has 18 heavy (non-hydrogen) atoms. The van der Waals surface area contributed by atoms with Gasteiger partial charge in [0.15, 0.2) is 0 Å². The van der Waals surface area contributed by atoms with Crippen LogP contribution in [0.1, 0.15) is 26.2 Å². The van der Waals surface area contributed by atoms with Crippen LogP contribution in [0.15, 0.2) is 22.7 Å². The Balaban J connectivity index is 1.94. The number of nitrogens with one attached hydrogen (secondary N) is 1. The number of hydrogen-bond donors (Lipinski definition) is 1. The van der Waals surface area contributed by atoms with E-state index in [9.17, 15) is 0 Å². The molecule has 1 heterocycles. The quantitative estimate of drug-likeness (QED) is 0.729. The summed E-state index contributed by atoms with van der Waals surface area (Å²) in [5, 5.41) is 3.68. The lowest BCUT2D eigenvalue weighted by molar-refractivity contribution is 0.300. The van der Waals surface area contributed by atoms with Crippen LogP contribution >= 0.6 is 38.5 Å². The van der Waals surface area contributed by atoms with Crippen molar-refractivity contribution < 1.29 is 0 Å². The first-order valence-electron chi connectivity index (χ1n) is 6.63. The predicted octanol–water partition coefficient (Wildman–Crippen LogP) is 4.34. The number of hydrogen-bond acceptors (Lipinski definition) is 2. The van der Waals surface area contributed by atoms with Crippen LogP contribution in [-0.4, -0.2) is 30.6 Å².